The molecule has 3 rings (SSSR count). The zero-order chi connectivity index (χ0) is 12.5. The predicted molar refractivity (Wildman–Crippen MR) is 71.6 cm³/mol. The van der Waals surface area contributed by atoms with Gasteiger partial charge in [0.05, 0.1) is 5.52 Å². The summed E-state index contributed by atoms with van der Waals surface area (Å²) >= 11 is 0. The lowest BCUT2D eigenvalue weighted by Crippen LogP contribution is -2.27. The number of likely N-dealkylation sites (tertiary alicyclic amines) is 1. The third-order valence-electron chi connectivity index (χ3n) is 3.60. The Morgan fingerprint density at radius 1 is 1.22 bits per heavy atom. The first kappa shape index (κ1) is 11.2. The summed E-state index contributed by atoms with van der Waals surface area (Å²) in [6.07, 6.45) is 4.01. The molecule has 92 valence electrons. The number of fused-ring (bicyclic) bond motifs is 1. The molecule has 1 aromatic carbocycles. The number of hydrogen-bond donors (Lipinski definition) is 0. The van der Waals surface area contributed by atoms with Gasteiger partial charge in [-0.2, -0.15) is 0 Å². The summed E-state index contributed by atoms with van der Waals surface area (Å²) in [6, 6.07) is 7.79. The van der Waals surface area contributed by atoms with Crippen molar-refractivity contribution in [3.05, 3.63) is 41.6 Å². The van der Waals surface area contributed by atoms with Crippen molar-refractivity contribution < 1.29 is 4.79 Å². The Labute approximate surface area is 106 Å². The number of nitrogens with zero attached hydrogens (tertiary/aromatic N) is 2. The summed E-state index contributed by atoms with van der Waals surface area (Å²) in [5.41, 5.74) is 2.83. The van der Waals surface area contributed by atoms with Crippen LogP contribution in [-0.2, 0) is 0 Å². The summed E-state index contributed by atoms with van der Waals surface area (Å²) in [6.45, 7) is 3.79. The maximum Gasteiger partial charge on any atom is 0.254 e. The van der Waals surface area contributed by atoms with E-state index in [1.807, 2.05) is 36.1 Å². The zero-order valence-electron chi connectivity index (χ0n) is 10.5. The van der Waals surface area contributed by atoms with E-state index in [0.717, 1.165) is 48.0 Å². The van der Waals surface area contributed by atoms with E-state index in [-0.39, 0.29) is 5.91 Å². The molecular weight excluding hydrogens is 224 g/mol. The van der Waals surface area contributed by atoms with Gasteiger partial charge in [-0.15, -0.1) is 0 Å². The standard InChI is InChI=1S/C15H16N2O/c1-11-6-7-13(12-5-4-8-16-14(11)12)15(18)17-9-2-3-10-17/h4-8H,2-3,9-10H2,1H3. The number of hydrogen-bond acceptors (Lipinski definition) is 2. The molecule has 1 amide bonds. The lowest BCUT2D eigenvalue weighted by Gasteiger charge is -2.16. The van der Waals surface area contributed by atoms with Crippen LogP contribution >= 0.6 is 0 Å². The van der Waals surface area contributed by atoms with Crippen molar-refractivity contribution in [2.24, 2.45) is 0 Å². The lowest BCUT2D eigenvalue weighted by molar-refractivity contribution is 0.0795. The van der Waals surface area contributed by atoms with Crippen LogP contribution in [0.25, 0.3) is 10.9 Å². The molecule has 0 spiro atoms. The Balaban J connectivity index is 2.11. The van der Waals surface area contributed by atoms with Gasteiger partial charge in [-0.05, 0) is 37.5 Å². The van der Waals surface area contributed by atoms with E-state index in [9.17, 15) is 4.79 Å². The fraction of sp³-hybridized carbons (Fsp3) is 0.333. The van der Waals surface area contributed by atoms with Crippen molar-refractivity contribution in [3.63, 3.8) is 0 Å². The van der Waals surface area contributed by atoms with E-state index < -0.39 is 0 Å². The second-order valence-electron chi connectivity index (χ2n) is 4.83. The summed E-state index contributed by atoms with van der Waals surface area (Å²) < 4.78 is 0. The Kier molecular flexibility index (Phi) is 2.74. The second kappa shape index (κ2) is 4.41. The van der Waals surface area contributed by atoms with Gasteiger partial charge < -0.3 is 4.90 Å². The van der Waals surface area contributed by atoms with Crippen LogP contribution in [-0.4, -0.2) is 28.9 Å². The minimum atomic E-state index is 0.144. The van der Waals surface area contributed by atoms with Crippen molar-refractivity contribution in [2.45, 2.75) is 19.8 Å². The van der Waals surface area contributed by atoms with Crippen molar-refractivity contribution in [2.75, 3.05) is 13.1 Å². The summed E-state index contributed by atoms with van der Waals surface area (Å²) in [5, 5.41) is 0.967. The average Bonchev–Trinajstić information content (AvgIpc) is 2.93. The molecule has 1 aliphatic rings. The number of aryl methyl sites for hydroxylation is 1. The normalized spacial score (nSPS) is 15.3. The minimum absolute atomic E-state index is 0.144. The van der Waals surface area contributed by atoms with Gasteiger partial charge in [-0.1, -0.05) is 12.1 Å². The third kappa shape index (κ3) is 1.76. The highest BCUT2D eigenvalue weighted by Crippen LogP contribution is 2.23. The van der Waals surface area contributed by atoms with Gasteiger partial charge in [0, 0.05) is 30.2 Å². The fourth-order valence-electron chi connectivity index (χ4n) is 2.59. The smallest absolute Gasteiger partial charge is 0.254 e. The van der Waals surface area contributed by atoms with E-state index in [0.29, 0.717) is 0 Å². The molecule has 0 bridgehead atoms. The van der Waals surface area contributed by atoms with E-state index >= 15 is 0 Å². The van der Waals surface area contributed by atoms with Gasteiger partial charge in [0.15, 0.2) is 0 Å². The molecule has 1 aliphatic heterocycles. The largest absolute Gasteiger partial charge is 0.339 e. The molecule has 2 aromatic rings. The van der Waals surface area contributed by atoms with Gasteiger partial charge >= 0.3 is 0 Å². The summed E-state index contributed by atoms with van der Waals surface area (Å²) in [5.74, 6) is 0.144. The molecule has 0 unspecified atom stereocenters. The van der Waals surface area contributed by atoms with Crippen LogP contribution in [0.2, 0.25) is 0 Å². The van der Waals surface area contributed by atoms with Crippen molar-refractivity contribution in [3.8, 4) is 0 Å². The maximum absolute atomic E-state index is 12.5. The van der Waals surface area contributed by atoms with E-state index in [1.165, 1.54) is 0 Å². The van der Waals surface area contributed by atoms with Crippen LogP contribution in [0, 0.1) is 6.92 Å². The van der Waals surface area contributed by atoms with Crippen LogP contribution in [0.1, 0.15) is 28.8 Å². The molecule has 1 fully saturated rings. The molecule has 1 aromatic heterocycles. The van der Waals surface area contributed by atoms with Gasteiger partial charge in [0.2, 0.25) is 0 Å². The molecule has 0 N–H and O–H groups in total. The highest BCUT2D eigenvalue weighted by Gasteiger charge is 2.21. The number of benzene rings is 1. The Bertz CT molecular complexity index is 600. The Morgan fingerprint density at radius 2 is 2.00 bits per heavy atom. The van der Waals surface area contributed by atoms with Gasteiger partial charge in [0.1, 0.15) is 0 Å². The maximum atomic E-state index is 12.5. The molecule has 1 saturated heterocycles. The number of rotatable bonds is 1. The molecule has 3 heteroatoms. The van der Waals surface area contributed by atoms with Gasteiger partial charge in [-0.3, -0.25) is 9.78 Å². The van der Waals surface area contributed by atoms with Crippen molar-refractivity contribution in [1.82, 2.24) is 9.88 Å². The van der Waals surface area contributed by atoms with Crippen LogP contribution in [0.4, 0.5) is 0 Å². The Hall–Kier alpha value is -1.90. The van der Waals surface area contributed by atoms with Crippen LogP contribution in [0.5, 0.6) is 0 Å². The predicted octanol–water partition coefficient (Wildman–Crippen LogP) is 2.78. The highest BCUT2D eigenvalue weighted by atomic mass is 16.2. The second-order valence-corrected chi connectivity index (χ2v) is 4.83. The topological polar surface area (TPSA) is 33.2 Å². The highest BCUT2D eigenvalue weighted by molar-refractivity contribution is 6.06. The minimum Gasteiger partial charge on any atom is -0.339 e. The quantitative estimate of drug-likeness (QED) is 0.768. The van der Waals surface area contributed by atoms with Gasteiger partial charge in [-0.25, -0.2) is 0 Å². The SMILES string of the molecule is Cc1ccc(C(=O)N2CCCC2)c2cccnc12. The average molecular weight is 240 g/mol. The van der Waals surface area contributed by atoms with Gasteiger partial charge in [0.25, 0.3) is 5.91 Å². The number of aromatic nitrogens is 1. The van der Waals surface area contributed by atoms with Crippen LogP contribution in [0.15, 0.2) is 30.5 Å². The first-order valence-electron chi connectivity index (χ1n) is 6.41. The molecule has 0 atom stereocenters. The molecule has 0 aliphatic carbocycles. The molecule has 3 nitrogen and oxygen atoms in total. The molecule has 2 heterocycles. The molecule has 0 saturated carbocycles. The Morgan fingerprint density at radius 3 is 2.78 bits per heavy atom. The van der Waals surface area contributed by atoms with E-state index in [2.05, 4.69) is 4.98 Å². The van der Waals surface area contributed by atoms with Crippen LogP contribution < -0.4 is 0 Å². The number of amides is 1. The number of carbonyl (C=O) groups is 1. The van der Waals surface area contributed by atoms with Crippen LogP contribution in [0.3, 0.4) is 0 Å². The third-order valence-corrected chi connectivity index (χ3v) is 3.60. The number of carbonyl (C=O) groups excluding carboxylic acids is 1. The monoisotopic (exact) mass is 240 g/mol. The number of pyridine rings is 1. The zero-order valence-corrected chi connectivity index (χ0v) is 10.5. The van der Waals surface area contributed by atoms with E-state index in [1.54, 1.807) is 6.20 Å². The molecular formula is C15H16N2O. The lowest BCUT2D eigenvalue weighted by atomic mass is 10.0. The van der Waals surface area contributed by atoms with Crippen molar-refractivity contribution >= 4 is 16.8 Å². The fourth-order valence-corrected chi connectivity index (χ4v) is 2.59. The molecule has 18 heavy (non-hydrogen) atoms. The molecule has 0 radical (unpaired) electrons. The first-order valence-corrected chi connectivity index (χ1v) is 6.41. The summed E-state index contributed by atoms with van der Waals surface area (Å²) in [7, 11) is 0. The van der Waals surface area contributed by atoms with E-state index in [4.69, 9.17) is 0 Å². The summed E-state index contributed by atoms with van der Waals surface area (Å²) in [4.78, 5) is 18.8. The van der Waals surface area contributed by atoms with Crippen molar-refractivity contribution in [1.29, 1.82) is 0 Å². The first-order chi connectivity index (χ1) is 8.77.